The molecule has 0 saturated carbocycles. The van der Waals surface area contributed by atoms with Crippen LogP contribution in [-0.4, -0.2) is 10.4 Å². The molecule has 0 aliphatic heterocycles. The molecule has 62 valence electrons. The van der Waals surface area contributed by atoms with Crippen molar-refractivity contribution in [3.8, 4) is 0 Å². The maximum atomic E-state index is 9.76. The summed E-state index contributed by atoms with van der Waals surface area (Å²) in [5.41, 5.74) is 0. The van der Waals surface area contributed by atoms with Gasteiger partial charge in [-0.1, -0.05) is 22.6 Å². The van der Waals surface area contributed by atoms with E-state index >= 15 is 0 Å². The minimum absolute atomic E-state index is 0. The van der Waals surface area contributed by atoms with Crippen molar-refractivity contribution < 1.29 is 29.4 Å². The zero-order valence-electron chi connectivity index (χ0n) is 6.94. The summed E-state index contributed by atoms with van der Waals surface area (Å²) in [6.45, 7) is 5.00. The number of carbonyl (C=O) groups excluding carboxylic acids is 1. The molecule has 0 saturated heterocycles. The maximum absolute atomic E-state index is 9.76. The van der Waals surface area contributed by atoms with Crippen LogP contribution in [0.4, 0.5) is 0 Å². The molecular weight excluding hydrogens is 308 g/mol. The Morgan fingerprint density at radius 2 is 1.91 bits per heavy atom. The van der Waals surface area contributed by atoms with Crippen molar-refractivity contribution in [2.45, 2.75) is 26.2 Å². The van der Waals surface area contributed by atoms with Crippen LogP contribution in [-0.2, 0) is 24.3 Å². The van der Waals surface area contributed by atoms with Gasteiger partial charge in [0.15, 0.2) is 0 Å². The summed E-state index contributed by atoms with van der Waals surface area (Å²) in [7, 11) is 0. The first kappa shape index (κ1) is 17.8. The molecule has 0 fully saturated rings. The van der Waals surface area contributed by atoms with Crippen LogP contribution in [0, 0.1) is 6.92 Å². The molecule has 0 aromatic rings. The van der Waals surface area contributed by atoms with Gasteiger partial charge in [0.05, 0.1) is 0 Å². The van der Waals surface area contributed by atoms with E-state index in [4.69, 9.17) is 0 Å². The van der Waals surface area contributed by atoms with Crippen LogP contribution >= 0.6 is 22.6 Å². The van der Waals surface area contributed by atoms with Crippen molar-refractivity contribution in [3.05, 3.63) is 6.92 Å². The van der Waals surface area contributed by atoms with Crippen LogP contribution in [0.1, 0.15) is 26.2 Å². The second-order valence-corrected chi connectivity index (χ2v) is 2.60. The molecule has 11 heavy (non-hydrogen) atoms. The van der Waals surface area contributed by atoms with Gasteiger partial charge < -0.3 is 16.8 Å². The number of carbonyl (C=O) groups is 1. The molecule has 2 nitrogen and oxygen atoms in total. The number of halogens is 1. The molecule has 0 unspecified atom stereocenters. The molecule has 0 aromatic carbocycles. The molecule has 0 aliphatic carbocycles. The number of aliphatic carboxylic acids is 1. The van der Waals surface area contributed by atoms with E-state index in [-0.39, 0.29) is 25.9 Å². The molecule has 0 radical (unpaired) electrons. The zero-order chi connectivity index (χ0) is 8.41. The first-order valence-corrected chi connectivity index (χ1v) is 4.76. The SMILES string of the molecule is O=C([O-])CCCCI.[CH2-]C.[Zn+2]. The predicted octanol–water partition coefficient (Wildman–Crippen LogP) is 1.18. The summed E-state index contributed by atoms with van der Waals surface area (Å²) in [6, 6.07) is 0. The first-order valence-electron chi connectivity index (χ1n) is 3.24. The molecule has 0 N–H and O–H groups in total. The summed E-state index contributed by atoms with van der Waals surface area (Å²) in [6.07, 6.45) is 1.95. The summed E-state index contributed by atoms with van der Waals surface area (Å²) in [5.74, 6) is -0.935. The third-order valence-corrected chi connectivity index (χ3v) is 1.53. The molecule has 0 spiro atoms. The Morgan fingerprint density at radius 1 is 1.45 bits per heavy atom. The molecule has 0 rings (SSSR count). The second-order valence-electron chi connectivity index (χ2n) is 1.52. The van der Waals surface area contributed by atoms with Gasteiger partial charge in [0.1, 0.15) is 0 Å². The smallest absolute Gasteiger partial charge is 0.550 e. The largest absolute Gasteiger partial charge is 2.00 e. The zero-order valence-corrected chi connectivity index (χ0v) is 12.1. The number of carboxylic acid groups (broad SMARTS) is 1. The molecule has 0 heterocycles. The van der Waals surface area contributed by atoms with Crippen molar-refractivity contribution >= 4 is 28.6 Å². The Labute approximate surface area is 95.0 Å². The van der Waals surface area contributed by atoms with Crippen LogP contribution in [0.15, 0.2) is 0 Å². The monoisotopic (exact) mass is 320 g/mol. The molecule has 0 aromatic heterocycles. The Morgan fingerprint density at radius 3 is 2.18 bits per heavy atom. The summed E-state index contributed by atoms with van der Waals surface area (Å²) in [5, 5.41) is 9.76. The maximum Gasteiger partial charge on any atom is 2.00 e. The Balaban J connectivity index is -0.000000196. The average molecular weight is 321 g/mol. The third-order valence-electron chi connectivity index (χ3n) is 0.765. The van der Waals surface area contributed by atoms with Gasteiger partial charge in [-0.15, -0.1) is 0 Å². The number of carboxylic acids is 1. The van der Waals surface area contributed by atoms with E-state index in [0.717, 1.165) is 17.3 Å². The van der Waals surface area contributed by atoms with Gasteiger partial charge in [-0.2, -0.15) is 6.92 Å². The fourth-order valence-electron chi connectivity index (χ4n) is 0.364. The van der Waals surface area contributed by atoms with Gasteiger partial charge in [-0.05, 0) is 23.7 Å². The minimum Gasteiger partial charge on any atom is -0.550 e. The van der Waals surface area contributed by atoms with Crippen molar-refractivity contribution in [3.63, 3.8) is 0 Å². The van der Waals surface area contributed by atoms with Crippen LogP contribution in [0.25, 0.3) is 0 Å². The van der Waals surface area contributed by atoms with Gasteiger partial charge in [0, 0.05) is 5.97 Å². The van der Waals surface area contributed by atoms with E-state index in [9.17, 15) is 9.90 Å². The van der Waals surface area contributed by atoms with Crippen LogP contribution in [0.3, 0.4) is 0 Å². The van der Waals surface area contributed by atoms with Gasteiger partial charge in [0.2, 0.25) is 0 Å². The van der Waals surface area contributed by atoms with E-state index in [2.05, 4.69) is 29.5 Å². The fraction of sp³-hybridized carbons (Fsp3) is 0.714. The van der Waals surface area contributed by atoms with Crippen molar-refractivity contribution in [1.29, 1.82) is 0 Å². The number of unbranched alkanes of at least 4 members (excludes halogenated alkanes) is 1. The Bertz CT molecular complexity index is 78.8. The molecule has 0 amide bonds. The number of alkyl halides is 1. The second kappa shape index (κ2) is 17.1. The van der Waals surface area contributed by atoms with E-state index < -0.39 is 5.97 Å². The standard InChI is InChI=1S/C5H9IO2.C2H5.Zn/c6-4-2-1-3-5(7)8;1-2;/h1-4H2,(H,7,8);1H2,2H3;/q;-1;+2/p-1. The summed E-state index contributed by atoms with van der Waals surface area (Å²) < 4.78 is 1.03. The average Bonchev–Trinajstić information content (AvgIpc) is 1.92. The van der Waals surface area contributed by atoms with E-state index in [1.165, 1.54) is 0 Å². The quantitative estimate of drug-likeness (QED) is 0.256. The van der Waals surface area contributed by atoms with Crippen molar-refractivity contribution in [2.75, 3.05) is 4.43 Å². The van der Waals surface area contributed by atoms with Gasteiger partial charge in [0.25, 0.3) is 0 Å². The molecule has 0 bridgehead atoms. The third kappa shape index (κ3) is 24.8. The Kier molecular flexibility index (Phi) is 27.6. The summed E-state index contributed by atoms with van der Waals surface area (Å²) >= 11 is 2.22. The van der Waals surface area contributed by atoms with Gasteiger partial charge in [-0.3, -0.25) is 0 Å². The number of hydrogen-bond acceptors (Lipinski definition) is 2. The number of hydrogen-bond donors (Lipinski definition) is 0. The fourth-order valence-corrected chi connectivity index (χ4v) is 0.903. The predicted molar refractivity (Wildman–Crippen MR) is 48.8 cm³/mol. The normalized spacial score (nSPS) is 7.18. The minimum atomic E-state index is -0.935. The van der Waals surface area contributed by atoms with Crippen molar-refractivity contribution in [2.24, 2.45) is 0 Å². The van der Waals surface area contributed by atoms with Crippen LogP contribution in [0.5, 0.6) is 0 Å². The number of rotatable bonds is 4. The molecule has 0 aliphatic rings. The van der Waals surface area contributed by atoms with Gasteiger partial charge >= 0.3 is 19.5 Å². The summed E-state index contributed by atoms with van der Waals surface area (Å²) in [4.78, 5) is 9.76. The van der Waals surface area contributed by atoms with E-state index in [0.29, 0.717) is 0 Å². The molecular formula is C7H13IO2Zn. The van der Waals surface area contributed by atoms with Crippen LogP contribution in [0.2, 0.25) is 0 Å². The van der Waals surface area contributed by atoms with Crippen LogP contribution < -0.4 is 5.11 Å². The van der Waals surface area contributed by atoms with E-state index in [1.54, 1.807) is 6.92 Å². The van der Waals surface area contributed by atoms with Crippen molar-refractivity contribution in [1.82, 2.24) is 0 Å². The molecule has 0 atom stereocenters. The van der Waals surface area contributed by atoms with Gasteiger partial charge in [-0.25, -0.2) is 0 Å². The molecule has 4 heteroatoms. The first-order chi connectivity index (χ1) is 4.77. The topological polar surface area (TPSA) is 40.1 Å². The van der Waals surface area contributed by atoms with E-state index in [1.807, 2.05) is 0 Å². The Hall–Kier alpha value is 0.823.